The molecule has 0 saturated heterocycles. The molecule has 114 valence electrons. The minimum absolute atomic E-state index is 1.26. The zero-order valence-electron chi connectivity index (χ0n) is 14.0. The third-order valence-electron chi connectivity index (χ3n) is 4.30. The summed E-state index contributed by atoms with van der Waals surface area (Å²) in [6.07, 6.45) is 0. The lowest BCUT2D eigenvalue weighted by atomic mass is 9.88. The topological polar surface area (TPSA) is 0 Å². The van der Waals surface area contributed by atoms with E-state index in [0.717, 1.165) is 0 Å². The predicted octanol–water partition coefficient (Wildman–Crippen LogP) is 6.28. The lowest BCUT2D eigenvalue weighted by Gasteiger charge is -2.16. The zero-order valence-corrected chi connectivity index (χ0v) is 14.0. The minimum atomic E-state index is 1.26. The van der Waals surface area contributed by atoms with Gasteiger partial charge in [0.15, 0.2) is 0 Å². The van der Waals surface area contributed by atoms with Crippen LogP contribution in [0.4, 0.5) is 0 Å². The summed E-state index contributed by atoms with van der Waals surface area (Å²) in [5, 5.41) is 0. The van der Waals surface area contributed by atoms with Gasteiger partial charge < -0.3 is 0 Å². The van der Waals surface area contributed by atoms with Gasteiger partial charge in [-0.2, -0.15) is 0 Å². The highest BCUT2D eigenvalue weighted by molar-refractivity contribution is 5.98. The second kappa shape index (κ2) is 6.66. The molecule has 3 aromatic rings. The highest BCUT2D eigenvalue weighted by atomic mass is 14.2. The van der Waals surface area contributed by atoms with Crippen molar-refractivity contribution in [3.05, 3.63) is 107 Å². The maximum absolute atomic E-state index is 2.26. The maximum Gasteiger partial charge on any atom is -0.00735 e. The molecule has 0 N–H and O–H groups in total. The number of aryl methyl sites for hydroxylation is 2. The number of benzene rings is 3. The van der Waals surface area contributed by atoms with Gasteiger partial charge in [-0.3, -0.25) is 0 Å². The third-order valence-corrected chi connectivity index (χ3v) is 4.30. The first kappa shape index (κ1) is 15.3. The second-order valence-corrected chi connectivity index (χ2v) is 6.05. The fraction of sp³-hybridized carbons (Fsp3) is 0.130. The predicted molar refractivity (Wildman–Crippen MR) is 100 cm³/mol. The first-order valence-corrected chi connectivity index (χ1v) is 8.06. The van der Waals surface area contributed by atoms with Gasteiger partial charge in [0.05, 0.1) is 0 Å². The van der Waals surface area contributed by atoms with Crippen LogP contribution in [0.2, 0.25) is 0 Å². The van der Waals surface area contributed by atoms with E-state index in [2.05, 4.69) is 99.6 Å². The van der Waals surface area contributed by atoms with Crippen LogP contribution in [0, 0.1) is 13.8 Å². The molecular weight excluding hydrogens is 276 g/mol. The molecule has 0 radical (unpaired) electrons. The second-order valence-electron chi connectivity index (χ2n) is 6.05. The van der Waals surface area contributed by atoms with Crippen LogP contribution in [0.3, 0.4) is 0 Å². The summed E-state index contributed by atoms with van der Waals surface area (Å²) < 4.78 is 0. The Morgan fingerprint density at radius 1 is 0.652 bits per heavy atom. The monoisotopic (exact) mass is 298 g/mol. The van der Waals surface area contributed by atoms with Crippen molar-refractivity contribution < 1.29 is 0 Å². The Balaban J connectivity index is 2.27. The standard InChI is InChI=1S/C23H22/c1-17-14-15-22(18(2)16-17)23(21-12-8-5-9-13-21)19(3)20-10-6-4-7-11-20/h4-16H,1-3H3. The van der Waals surface area contributed by atoms with E-state index in [4.69, 9.17) is 0 Å². The molecule has 0 amide bonds. The van der Waals surface area contributed by atoms with E-state index in [0.29, 0.717) is 0 Å². The fourth-order valence-electron chi connectivity index (χ4n) is 3.11. The molecular formula is C23H22. The van der Waals surface area contributed by atoms with Gasteiger partial charge in [0.25, 0.3) is 0 Å². The Morgan fingerprint density at radius 3 is 1.78 bits per heavy atom. The summed E-state index contributed by atoms with van der Waals surface area (Å²) in [4.78, 5) is 0. The van der Waals surface area contributed by atoms with Gasteiger partial charge >= 0.3 is 0 Å². The van der Waals surface area contributed by atoms with Crippen LogP contribution in [-0.2, 0) is 0 Å². The summed E-state index contributed by atoms with van der Waals surface area (Å²) in [7, 11) is 0. The van der Waals surface area contributed by atoms with Gasteiger partial charge in [0.2, 0.25) is 0 Å². The molecule has 0 bridgehead atoms. The maximum atomic E-state index is 2.26. The van der Waals surface area contributed by atoms with Crippen molar-refractivity contribution in [2.24, 2.45) is 0 Å². The van der Waals surface area contributed by atoms with Gasteiger partial charge in [-0.25, -0.2) is 0 Å². The molecule has 0 aliphatic rings. The molecule has 23 heavy (non-hydrogen) atoms. The lowest BCUT2D eigenvalue weighted by molar-refractivity contribution is 1.35. The van der Waals surface area contributed by atoms with Crippen molar-refractivity contribution >= 4 is 11.1 Å². The van der Waals surface area contributed by atoms with E-state index in [9.17, 15) is 0 Å². The van der Waals surface area contributed by atoms with Crippen molar-refractivity contribution in [2.45, 2.75) is 20.8 Å². The van der Waals surface area contributed by atoms with E-state index in [1.165, 1.54) is 39.0 Å². The van der Waals surface area contributed by atoms with Crippen molar-refractivity contribution in [3.8, 4) is 0 Å². The molecule has 0 heteroatoms. The van der Waals surface area contributed by atoms with Crippen LogP contribution in [0.1, 0.15) is 34.7 Å². The van der Waals surface area contributed by atoms with E-state index in [1.54, 1.807) is 0 Å². The summed E-state index contributed by atoms with van der Waals surface area (Å²) in [5.41, 5.74) is 9.09. The van der Waals surface area contributed by atoms with Crippen molar-refractivity contribution in [3.63, 3.8) is 0 Å². The molecule has 0 saturated carbocycles. The van der Waals surface area contributed by atoms with Crippen LogP contribution in [0.15, 0.2) is 78.9 Å². The van der Waals surface area contributed by atoms with Crippen molar-refractivity contribution in [2.75, 3.05) is 0 Å². The third kappa shape index (κ3) is 3.27. The van der Waals surface area contributed by atoms with Gasteiger partial charge in [0, 0.05) is 0 Å². The largest absolute Gasteiger partial charge is 0.0622 e. The fourth-order valence-corrected chi connectivity index (χ4v) is 3.11. The highest BCUT2D eigenvalue weighted by Gasteiger charge is 2.12. The smallest absolute Gasteiger partial charge is 0.00735 e. The van der Waals surface area contributed by atoms with E-state index in [-0.39, 0.29) is 0 Å². The molecule has 0 nitrogen and oxygen atoms in total. The first-order chi connectivity index (χ1) is 11.2. The van der Waals surface area contributed by atoms with Gasteiger partial charge in [-0.15, -0.1) is 0 Å². The average Bonchev–Trinajstić information content (AvgIpc) is 2.59. The summed E-state index contributed by atoms with van der Waals surface area (Å²) >= 11 is 0. The van der Waals surface area contributed by atoms with E-state index >= 15 is 0 Å². The summed E-state index contributed by atoms with van der Waals surface area (Å²) in [6.45, 7) is 6.56. The zero-order chi connectivity index (χ0) is 16.2. The number of hydrogen-bond acceptors (Lipinski definition) is 0. The molecule has 0 fully saturated rings. The molecule has 0 spiro atoms. The summed E-state index contributed by atoms with van der Waals surface area (Å²) in [6, 6.07) is 28.0. The normalized spacial score (nSPS) is 12.0. The molecule has 0 aliphatic carbocycles. The Hall–Kier alpha value is -2.60. The first-order valence-electron chi connectivity index (χ1n) is 8.06. The number of hydrogen-bond donors (Lipinski definition) is 0. The Bertz CT molecular complexity index is 824. The molecule has 0 unspecified atom stereocenters. The molecule has 0 atom stereocenters. The quantitative estimate of drug-likeness (QED) is 0.499. The van der Waals surface area contributed by atoms with Gasteiger partial charge in [0.1, 0.15) is 0 Å². The van der Waals surface area contributed by atoms with Gasteiger partial charge in [-0.1, -0.05) is 84.4 Å². The molecule has 3 aromatic carbocycles. The Labute approximate surface area is 139 Å². The van der Waals surface area contributed by atoms with E-state index < -0.39 is 0 Å². The van der Waals surface area contributed by atoms with E-state index in [1.807, 2.05) is 0 Å². The van der Waals surface area contributed by atoms with Crippen molar-refractivity contribution in [1.29, 1.82) is 0 Å². The molecule has 0 aromatic heterocycles. The van der Waals surface area contributed by atoms with Crippen molar-refractivity contribution in [1.82, 2.24) is 0 Å². The van der Waals surface area contributed by atoms with Crippen LogP contribution in [-0.4, -0.2) is 0 Å². The van der Waals surface area contributed by atoms with Gasteiger partial charge in [-0.05, 0) is 54.2 Å². The molecule has 3 rings (SSSR count). The van der Waals surface area contributed by atoms with Crippen LogP contribution in [0.5, 0.6) is 0 Å². The number of allylic oxidation sites excluding steroid dienone is 1. The Kier molecular flexibility index (Phi) is 4.43. The summed E-state index contributed by atoms with van der Waals surface area (Å²) in [5.74, 6) is 0. The highest BCUT2D eigenvalue weighted by Crippen LogP contribution is 2.33. The SMILES string of the molecule is CC(=C(c1ccccc1)c1ccc(C)cc1C)c1ccccc1. The molecule has 0 heterocycles. The lowest BCUT2D eigenvalue weighted by Crippen LogP contribution is -1.96. The Morgan fingerprint density at radius 2 is 1.22 bits per heavy atom. The van der Waals surface area contributed by atoms with Crippen LogP contribution < -0.4 is 0 Å². The molecule has 0 aliphatic heterocycles. The number of rotatable bonds is 3. The average molecular weight is 298 g/mol. The minimum Gasteiger partial charge on any atom is -0.0622 e. The van der Waals surface area contributed by atoms with Crippen LogP contribution >= 0.6 is 0 Å². The van der Waals surface area contributed by atoms with Crippen LogP contribution in [0.25, 0.3) is 11.1 Å².